The summed E-state index contributed by atoms with van der Waals surface area (Å²) in [6.07, 6.45) is 6.34. The number of hydrogen-bond acceptors (Lipinski definition) is 6. The van der Waals surface area contributed by atoms with E-state index in [2.05, 4.69) is 10.3 Å². The fourth-order valence-corrected chi connectivity index (χ4v) is 4.98. The SMILES string of the molecule is Cc1ccccc1-c1cc(CCc2cnccc2Oc2ccccc2)ccc1C(=O)N[C@@H](CCS(C)=O)C(=O)[O-].[Li+]. The van der Waals surface area contributed by atoms with Crippen molar-refractivity contribution < 1.29 is 42.5 Å². The number of carbonyl (C=O) groups is 2. The second kappa shape index (κ2) is 15.3. The number of amides is 1. The van der Waals surface area contributed by atoms with Crippen LogP contribution in [0.3, 0.4) is 0 Å². The molecule has 1 N–H and O–H groups in total. The molecule has 0 fully saturated rings. The van der Waals surface area contributed by atoms with Crippen LogP contribution in [0.4, 0.5) is 0 Å². The molecule has 3 aromatic carbocycles. The molecule has 1 unspecified atom stereocenters. The van der Waals surface area contributed by atoms with Crippen molar-refractivity contribution in [3.05, 3.63) is 114 Å². The van der Waals surface area contributed by atoms with Gasteiger partial charge in [-0.05, 0) is 72.7 Å². The van der Waals surface area contributed by atoms with Crippen molar-refractivity contribution >= 4 is 22.7 Å². The Morgan fingerprint density at radius 2 is 1.71 bits per heavy atom. The topological polar surface area (TPSA) is 108 Å². The second-order valence-corrected chi connectivity index (χ2v) is 11.1. The quantitative estimate of drug-likeness (QED) is 0.261. The number of aromatic nitrogens is 1. The minimum Gasteiger partial charge on any atom is -0.548 e. The summed E-state index contributed by atoms with van der Waals surface area (Å²) in [5.41, 5.74) is 4.88. The molecule has 0 spiro atoms. The number of ether oxygens (including phenoxy) is 1. The molecular formula is C32H31LiN2O5S. The van der Waals surface area contributed by atoms with Crippen LogP contribution in [0.15, 0.2) is 91.3 Å². The number of benzene rings is 3. The van der Waals surface area contributed by atoms with E-state index in [4.69, 9.17) is 4.74 Å². The molecule has 7 nitrogen and oxygen atoms in total. The summed E-state index contributed by atoms with van der Waals surface area (Å²) in [5, 5.41) is 14.2. The van der Waals surface area contributed by atoms with Crippen molar-refractivity contribution in [1.82, 2.24) is 10.3 Å². The summed E-state index contributed by atoms with van der Waals surface area (Å²) >= 11 is 0. The average Bonchev–Trinajstić information content (AvgIpc) is 2.95. The van der Waals surface area contributed by atoms with Crippen LogP contribution in [0.1, 0.15) is 33.5 Å². The number of nitrogens with one attached hydrogen (secondary N) is 1. The molecule has 4 rings (SSSR count). The number of pyridine rings is 1. The van der Waals surface area contributed by atoms with E-state index in [1.54, 1.807) is 18.5 Å². The minimum atomic E-state index is -1.40. The molecule has 1 amide bonds. The van der Waals surface area contributed by atoms with Gasteiger partial charge >= 0.3 is 18.9 Å². The van der Waals surface area contributed by atoms with Gasteiger partial charge in [0.15, 0.2) is 0 Å². The summed E-state index contributed by atoms with van der Waals surface area (Å²) in [6.45, 7) is 1.97. The van der Waals surface area contributed by atoms with Crippen LogP contribution < -0.4 is 34.0 Å². The fraction of sp³-hybridized carbons (Fsp3) is 0.219. The van der Waals surface area contributed by atoms with Gasteiger partial charge in [-0.3, -0.25) is 14.0 Å². The Bertz CT molecular complexity index is 1510. The fourth-order valence-electron chi connectivity index (χ4n) is 4.41. The molecule has 206 valence electrons. The number of carboxylic acids is 1. The third-order valence-corrected chi connectivity index (χ3v) is 7.37. The first-order valence-electron chi connectivity index (χ1n) is 13.0. The number of aryl methyl sites for hydroxylation is 3. The number of carboxylic acid groups (broad SMARTS) is 1. The van der Waals surface area contributed by atoms with E-state index >= 15 is 0 Å². The van der Waals surface area contributed by atoms with Gasteiger partial charge in [-0.25, -0.2) is 0 Å². The largest absolute Gasteiger partial charge is 1.00 e. The smallest absolute Gasteiger partial charge is 0.548 e. The van der Waals surface area contributed by atoms with Gasteiger partial charge in [-0.1, -0.05) is 54.6 Å². The van der Waals surface area contributed by atoms with Gasteiger partial charge in [0, 0.05) is 46.3 Å². The Kier molecular flexibility index (Phi) is 11.9. The number of carbonyl (C=O) groups excluding carboxylic acids is 2. The molecule has 1 heterocycles. The van der Waals surface area contributed by atoms with Gasteiger partial charge in [0.1, 0.15) is 11.5 Å². The maximum Gasteiger partial charge on any atom is 1.00 e. The third-order valence-electron chi connectivity index (χ3n) is 6.56. The van der Waals surface area contributed by atoms with Crippen LogP contribution >= 0.6 is 0 Å². The van der Waals surface area contributed by atoms with E-state index in [9.17, 15) is 18.9 Å². The van der Waals surface area contributed by atoms with Gasteiger partial charge < -0.3 is 20.0 Å². The van der Waals surface area contributed by atoms with Crippen LogP contribution in [-0.4, -0.2) is 39.1 Å². The Hall–Kier alpha value is -3.70. The number of hydrogen-bond donors (Lipinski definition) is 1. The molecule has 0 saturated carbocycles. The predicted molar refractivity (Wildman–Crippen MR) is 155 cm³/mol. The Balaban J connectivity index is 0.00000462. The second-order valence-electron chi connectivity index (χ2n) is 9.50. The van der Waals surface area contributed by atoms with E-state index in [0.29, 0.717) is 24.0 Å². The van der Waals surface area contributed by atoms with Crippen LogP contribution in [-0.2, 0) is 28.4 Å². The van der Waals surface area contributed by atoms with Crippen molar-refractivity contribution in [3.8, 4) is 22.6 Å². The Labute approximate surface area is 255 Å². The molecule has 0 aliphatic rings. The van der Waals surface area contributed by atoms with Crippen LogP contribution in [0, 0.1) is 6.92 Å². The number of nitrogens with zero attached hydrogens (tertiary/aromatic N) is 1. The summed E-state index contributed by atoms with van der Waals surface area (Å²) in [7, 11) is -1.19. The average molecular weight is 563 g/mol. The first-order chi connectivity index (χ1) is 19.3. The molecule has 2 atom stereocenters. The van der Waals surface area contributed by atoms with Crippen molar-refractivity contribution in [2.75, 3.05) is 12.0 Å². The first-order valence-corrected chi connectivity index (χ1v) is 14.7. The molecule has 0 saturated heterocycles. The Morgan fingerprint density at radius 1 is 0.976 bits per heavy atom. The molecule has 0 radical (unpaired) electrons. The normalized spacial score (nSPS) is 12.0. The van der Waals surface area contributed by atoms with Crippen LogP contribution in [0.2, 0.25) is 0 Å². The van der Waals surface area contributed by atoms with Crippen molar-refractivity contribution in [2.24, 2.45) is 0 Å². The number of aliphatic carboxylic acids is 1. The maximum atomic E-state index is 13.3. The summed E-state index contributed by atoms with van der Waals surface area (Å²) < 4.78 is 17.6. The predicted octanol–water partition coefficient (Wildman–Crippen LogP) is 1.26. The number of rotatable bonds is 12. The van der Waals surface area contributed by atoms with Gasteiger partial charge in [-0.15, -0.1) is 0 Å². The maximum absolute atomic E-state index is 13.3. The summed E-state index contributed by atoms with van der Waals surface area (Å²) in [5.74, 6) is -0.304. The van der Waals surface area contributed by atoms with Crippen LogP contribution in [0.25, 0.3) is 11.1 Å². The zero-order valence-corrected chi connectivity index (χ0v) is 24.3. The zero-order valence-electron chi connectivity index (χ0n) is 23.5. The van der Waals surface area contributed by atoms with Crippen LogP contribution in [0.5, 0.6) is 11.5 Å². The van der Waals surface area contributed by atoms with Gasteiger partial charge in [0.25, 0.3) is 5.91 Å². The molecular weight excluding hydrogens is 531 g/mol. The van der Waals surface area contributed by atoms with E-state index in [0.717, 1.165) is 33.8 Å². The van der Waals surface area contributed by atoms with E-state index in [-0.39, 0.29) is 31.0 Å². The minimum absolute atomic E-state index is 0. The first kappa shape index (κ1) is 31.8. The van der Waals surface area contributed by atoms with Crippen molar-refractivity contribution in [3.63, 3.8) is 0 Å². The van der Waals surface area contributed by atoms with E-state index in [1.807, 2.05) is 79.7 Å². The molecule has 1 aromatic heterocycles. The molecule has 0 aliphatic carbocycles. The summed E-state index contributed by atoms with van der Waals surface area (Å²) in [4.78, 5) is 29.3. The molecule has 0 bridgehead atoms. The molecule has 9 heteroatoms. The van der Waals surface area contributed by atoms with Crippen molar-refractivity contribution in [2.45, 2.75) is 32.2 Å². The van der Waals surface area contributed by atoms with Gasteiger partial charge in [0.05, 0.1) is 12.0 Å². The van der Waals surface area contributed by atoms with Gasteiger partial charge in [0.2, 0.25) is 0 Å². The summed E-state index contributed by atoms with van der Waals surface area (Å²) in [6, 6.07) is 23.5. The van der Waals surface area contributed by atoms with Gasteiger partial charge in [-0.2, -0.15) is 0 Å². The monoisotopic (exact) mass is 562 g/mol. The van der Waals surface area contributed by atoms with Crippen molar-refractivity contribution in [1.29, 1.82) is 0 Å². The van der Waals surface area contributed by atoms with E-state index < -0.39 is 28.7 Å². The molecule has 4 aromatic rings. The Morgan fingerprint density at radius 3 is 2.41 bits per heavy atom. The molecule has 41 heavy (non-hydrogen) atoms. The molecule has 0 aliphatic heterocycles. The third kappa shape index (κ3) is 8.89. The van der Waals surface area contributed by atoms with E-state index in [1.165, 1.54) is 6.26 Å². The standard InChI is InChI=1S/C32H32N2O5S.Li/c1-22-8-6-7-11-26(22)28-20-23(13-15-27(28)31(35)34-29(32(36)37)17-19-40(2)38)12-14-24-21-33-18-16-30(24)39-25-9-4-3-5-10-25;/h3-11,13,15-16,18,20-21,29H,12,14,17,19H2,1-2H3,(H,34,35)(H,36,37);/q;+1/p-1/t29-,40?;/m0./s1. The number of para-hydroxylation sites is 1. The zero-order chi connectivity index (χ0) is 28.5.